The maximum Gasteiger partial charge on any atom is 0.191 e. The van der Waals surface area contributed by atoms with E-state index in [1.165, 1.54) is 11.1 Å². The number of aliphatic imine (C=N–C) groups is 1. The standard InChI is InChI=1S/C23H30N6S.HI/c1-2-24-23(25-16-19-5-3-6-22(15-19)29-11-4-10-26-29)27-21-7-12-28(13-8-21)17-20-9-14-30-18-20;/h3-6,9-11,14-15,18,21H,2,7-8,12-13,16-17H2,1H3,(H2,24,25,27);1H. The highest BCUT2D eigenvalue weighted by Gasteiger charge is 2.20. The minimum absolute atomic E-state index is 0. The number of nitrogens with zero attached hydrogens (tertiary/aromatic N) is 4. The van der Waals surface area contributed by atoms with Gasteiger partial charge in [0.2, 0.25) is 0 Å². The Bertz CT molecular complexity index is 917. The summed E-state index contributed by atoms with van der Waals surface area (Å²) in [5.41, 5.74) is 3.66. The monoisotopic (exact) mass is 550 g/mol. The molecule has 3 heterocycles. The molecule has 31 heavy (non-hydrogen) atoms. The summed E-state index contributed by atoms with van der Waals surface area (Å²) in [6.45, 7) is 6.92. The number of rotatable bonds is 7. The van der Waals surface area contributed by atoms with Crippen LogP contribution in [0.3, 0.4) is 0 Å². The first-order valence-corrected chi connectivity index (χ1v) is 11.6. The van der Waals surface area contributed by atoms with Crippen molar-refractivity contribution < 1.29 is 0 Å². The summed E-state index contributed by atoms with van der Waals surface area (Å²) in [4.78, 5) is 7.38. The number of guanidine groups is 1. The highest BCUT2D eigenvalue weighted by molar-refractivity contribution is 14.0. The summed E-state index contributed by atoms with van der Waals surface area (Å²) in [7, 11) is 0. The minimum Gasteiger partial charge on any atom is -0.357 e. The van der Waals surface area contributed by atoms with Crippen LogP contribution in [0.4, 0.5) is 0 Å². The lowest BCUT2D eigenvalue weighted by Gasteiger charge is -2.33. The van der Waals surface area contributed by atoms with Crippen LogP contribution in [0.1, 0.15) is 30.9 Å². The molecule has 3 aromatic rings. The largest absolute Gasteiger partial charge is 0.357 e. The van der Waals surface area contributed by atoms with Gasteiger partial charge in [-0.05, 0) is 65.9 Å². The van der Waals surface area contributed by atoms with E-state index < -0.39 is 0 Å². The number of nitrogens with one attached hydrogen (secondary N) is 2. The molecule has 0 atom stereocenters. The molecule has 1 aliphatic rings. The van der Waals surface area contributed by atoms with E-state index in [9.17, 15) is 0 Å². The molecule has 1 saturated heterocycles. The maximum absolute atomic E-state index is 4.83. The molecule has 0 unspecified atom stereocenters. The van der Waals surface area contributed by atoms with E-state index in [2.05, 4.69) is 68.6 Å². The second-order valence-corrected chi connectivity index (χ2v) is 8.42. The number of aromatic nitrogens is 2. The van der Waals surface area contributed by atoms with Crippen molar-refractivity contribution in [1.29, 1.82) is 0 Å². The molecule has 0 saturated carbocycles. The average Bonchev–Trinajstić information content (AvgIpc) is 3.48. The van der Waals surface area contributed by atoms with E-state index >= 15 is 0 Å². The fraction of sp³-hybridized carbons (Fsp3) is 0.391. The van der Waals surface area contributed by atoms with Gasteiger partial charge in [0, 0.05) is 44.6 Å². The Kier molecular flexibility index (Phi) is 9.35. The van der Waals surface area contributed by atoms with Crippen LogP contribution in [-0.2, 0) is 13.1 Å². The Morgan fingerprint density at radius 2 is 2.06 bits per heavy atom. The van der Waals surface area contributed by atoms with Gasteiger partial charge in [-0.25, -0.2) is 9.67 Å². The number of piperidine rings is 1. The molecule has 2 aromatic heterocycles. The zero-order chi connectivity index (χ0) is 20.6. The van der Waals surface area contributed by atoms with Crippen molar-refractivity contribution in [2.24, 2.45) is 4.99 Å². The van der Waals surface area contributed by atoms with Gasteiger partial charge in [-0.15, -0.1) is 24.0 Å². The molecule has 0 spiro atoms. The second-order valence-electron chi connectivity index (χ2n) is 7.64. The summed E-state index contributed by atoms with van der Waals surface area (Å²) >= 11 is 1.78. The Balaban J connectivity index is 0.00000272. The van der Waals surface area contributed by atoms with Gasteiger partial charge < -0.3 is 10.6 Å². The topological polar surface area (TPSA) is 57.5 Å². The van der Waals surface area contributed by atoms with Crippen LogP contribution in [0.25, 0.3) is 5.69 Å². The third kappa shape index (κ3) is 7.05. The molecule has 166 valence electrons. The zero-order valence-electron chi connectivity index (χ0n) is 17.9. The van der Waals surface area contributed by atoms with Crippen LogP contribution < -0.4 is 10.6 Å². The molecule has 1 aliphatic heterocycles. The molecule has 0 bridgehead atoms. The summed E-state index contributed by atoms with van der Waals surface area (Å²) < 4.78 is 1.88. The second kappa shape index (κ2) is 12.2. The van der Waals surface area contributed by atoms with Gasteiger partial charge in [0.25, 0.3) is 0 Å². The fourth-order valence-corrected chi connectivity index (χ4v) is 4.44. The average molecular weight is 551 g/mol. The van der Waals surface area contributed by atoms with Crippen LogP contribution in [0.15, 0.2) is 64.5 Å². The quantitative estimate of drug-likeness (QED) is 0.262. The van der Waals surface area contributed by atoms with Crippen molar-refractivity contribution in [3.05, 3.63) is 70.7 Å². The summed E-state index contributed by atoms with van der Waals surface area (Å²) in [6, 6.07) is 13.0. The molecule has 1 aromatic carbocycles. The van der Waals surface area contributed by atoms with Gasteiger partial charge in [0.15, 0.2) is 5.96 Å². The number of benzene rings is 1. The van der Waals surface area contributed by atoms with E-state index in [4.69, 9.17) is 4.99 Å². The first-order chi connectivity index (χ1) is 14.8. The fourth-order valence-electron chi connectivity index (χ4n) is 3.78. The highest BCUT2D eigenvalue weighted by Crippen LogP contribution is 2.16. The van der Waals surface area contributed by atoms with Gasteiger partial charge in [-0.3, -0.25) is 4.90 Å². The molecular weight excluding hydrogens is 519 g/mol. The smallest absolute Gasteiger partial charge is 0.191 e. The Morgan fingerprint density at radius 1 is 1.19 bits per heavy atom. The van der Waals surface area contributed by atoms with Gasteiger partial charge in [-0.1, -0.05) is 12.1 Å². The van der Waals surface area contributed by atoms with Crippen LogP contribution in [-0.4, -0.2) is 46.3 Å². The predicted octanol–water partition coefficient (Wildman–Crippen LogP) is 4.27. The van der Waals surface area contributed by atoms with E-state index in [1.54, 1.807) is 17.5 Å². The van der Waals surface area contributed by atoms with Crippen molar-refractivity contribution in [1.82, 2.24) is 25.3 Å². The minimum atomic E-state index is 0. The van der Waals surface area contributed by atoms with Crippen molar-refractivity contribution in [3.8, 4) is 5.69 Å². The molecule has 8 heteroatoms. The lowest BCUT2D eigenvalue weighted by Crippen LogP contribution is -2.48. The predicted molar refractivity (Wildman–Crippen MR) is 140 cm³/mol. The molecule has 2 N–H and O–H groups in total. The highest BCUT2D eigenvalue weighted by atomic mass is 127. The van der Waals surface area contributed by atoms with Crippen molar-refractivity contribution in [2.75, 3.05) is 19.6 Å². The Hall–Kier alpha value is -1.91. The normalized spacial score (nSPS) is 15.5. The van der Waals surface area contributed by atoms with Crippen LogP contribution >= 0.6 is 35.3 Å². The van der Waals surface area contributed by atoms with E-state index in [0.717, 1.165) is 50.7 Å². The molecule has 0 amide bonds. The first kappa shape index (κ1) is 23.7. The van der Waals surface area contributed by atoms with E-state index in [1.807, 2.05) is 16.9 Å². The number of likely N-dealkylation sites (tertiary alicyclic amines) is 1. The third-order valence-corrected chi connectivity index (χ3v) is 6.09. The lowest BCUT2D eigenvalue weighted by atomic mass is 10.0. The van der Waals surface area contributed by atoms with Gasteiger partial charge in [0.1, 0.15) is 0 Å². The van der Waals surface area contributed by atoms with Crippen molar-refractivity contribution >= 4 is 41.3 Å². The van der Waals surface area contributed by atoms with Crippen molar-refractivity contribution in [3.63, 3.8) is 0 Å². The first-order valence-electron chi connectivity index (χ1n) is 10.7. The van der Waals surface area contributed by atoms with Gasteiger partial charge >= 0.3 is 0 Å². The van der Waals surface area contributed by atoms with Crippen molar-refractivity contribution in [2.45, 2.75) is 38.9 Å². The number of halogens is 1. The Labute approximate surface area is 205 Å². The molecule has 6 nitrogen and oxygen atoms in total. The van der Waals surface area contributed by atoms with E-state index in [-0.39, 0.29) is 24.0 Å². The molecular formula is C23H31IN6S. The van der Waals surface area contributed by atoms with Gasteiger partial charge in [0.05, 0.1) is 12.2 Å². The van der Waals surface area contributed by atoms with Crippen LogP contribution in [0, 0.1) is 0 Å². The summed E-state index contributed by atoms with van der Waals surface area (Å²) in [5, 5.41) is 15.8. The zero-order valence-corrected chi connectivity index (χ0v) is 21.1. The lowest BCUT2D eigenvalue weighted by molar-refractivity contribution is 0.198. The Morgan fingerprint density at radius 3 is 2.77 bits per heavy atom. The number of thiophene rings is 1. The summed E-state index contributed by atoms with van der Waals surface area (Å²) in [6.07, 6.45) is 6.04. The third-order valence-electron chi connectivity index (χ3n) is 5.36. The summed E-state index contributed by atoms with van der Waals surface area (Å²) in [5.74, 6) is 0.901. The van der Waals surface area contributed by atoms with Crippen LogP contribution in [0.2, 0.25) is 0 Å². The number of hydrogen-bond acceptors (Lipinski definition) is 4. The maximum atomic E-state index is 4.83. The van der Waals surface area contributed by atoms with E-state index in [0.29, 0.717) is 12.6 Å². The van der Waals surface area contributed by atoms with Gasteiger partial charge in [-0.2, -0.15) is 16.4 Å². The molecule has 1 fully saturated rings. The molecule has 0 radical (unpaired) electrons. The molecule has 0 aliphatic carbocycles. The number of hydrogen-bond donors (Lipinski definition) is 2. The SMILES string of the molecule is CCNC(=NCc1cccc(-n2cccn2)c1)NC1CCN(Cc2ccsc2)CC1.I. The molecule has 4 rings (SSSR count). The van der Waals surface area contributed by atoms with Crippen LogP contribution in [0.5, 0.6) is 0 Å².